The van der Waals surface area contributed by atoms with E-state index >= 15 is 0 Å². The lowest BCUT2D eigenvalue weighted by molar-refractivity contribution is 0.568. The van der Waals surface area contributed by atoms with Crippen LogP contribution in [0.5, 0.6) is 0 Å². The van der Waals surface area contributed by atoms with Gasteiger partial charge >= 0.3 is 0 Å². The lowest BCUT2D eigenvalue weighted by atomic mass is 10.1. The highest BCUT2D eigenvalue weighted by Crippen LogP contribution is 2.27. The Labute approximate surface area is 120 Å². The number of anilines is 1. The van der Waals surface area contributed by atoms with Crippen molar-refractivity contribution in [2.24, 2.45) is 0 Å². The summed E-state index contributed by atoms with van der Waals surface area (Å²) >= 11 is 1.65. The summed E-state index contributed by atoms with van der Waals surface area (Å²) in [5, 5.41) is 11.1. The summed E-state index contributed by atoms with van der Waals surface area (Å²) in [4.78, 5) is 5.32. The van der Waals surface area contributed by atoms with E-state index in [4.69, 9.17) is 4.42 Å². The first-order valence-electron chi connectivity index (χ1n) is 6.26. The van der Waals surface area contributed by atoms with Crippen molar-refractivity contribution in [3.63, 3.8) is 0 Å². The number of nitrogens with one attached hydrogen (secondary N) is 1. The van der Waals surface area contributed by atoms with Crippen LogP contribution in [0, 0.1) is 6.92 Å². The van der Waals surface area contributed by atoms with E-state index in [-0.39, 0.29) is 6.04 Å². The van der Waals surface area contributed by atoms with Gasteiger partial charge in [-0.3, -0.25) is 4.98 Å². The predicted molar refractivity (Wildman–Crippen MR) is 78.6 cm³/mol. The monoisotopic (exact) mass is 286 g/mol. The Hall–Kier alpha value is -2.21. The first-order valence-corrected chi connectivity index (χ1v) is 7.14. The van der Waals surface area contributed by atoms with Crippen LogP contribution in [0.3, 0.4) is 0 Å². The molecule has 3 aromatic rings. The van der Waals surface area contributed by atoms with Crippen molar-refractivity contribution >= 4 is 17.0 Å². The zero-order chi connectivity index (χ0) is 13.9. The number of benzene rings is 1. The number of aromatic nitrogens is 3. The fraction of sp³-hybridized carbons (Fsp3) is 0.214. The quantitative estimate of drug-likeness (QED) is 0.792. The normalized spacial score (nSPS) is 12.3. The second-order valence-electron chi connectivity index (χ2n) is 4.54. The molecule has 0 saturated carbocycles. The molecule has 5 nitrogen and oxygen atoms in total. The van der Waals surface area contributed by atoms with Crippen LogP contribution < -0.4 is 5.32 Å². The molecule has 0 radical (unpaired) electrons. The van der Waals surface area contributed by atoms with Crippen LogP contribution in [0.1, 0.15) is 23.4 Å². The van der Waals surface area contributed by atoms with Crippen molar-refractivity contribution in [2.75, 3.05) is 5.32 Å². The van der Waals surface area contributed by atoms with Gasteiger partial charge in [0.15, 0.2) is 0 Å². The van der Waals surface area contributed by atoms with Crippen LogP contribution in [0.4, 0.5) is 5.69 Å². The summed E-state index contributed by atoms with van der Waals surface area (Å²) in [6, 6.07) is 6.28. The third-order valence-electron chi connectivity index (χ3n) is 3.08. The van der Waals surface area contributed by atoms with Crippen LogP contribution in [-0.2, 0) is 0 Å². The highest BCUT2D eigenvalue weighted by Gasteiger charge is 2.10. The largest absolute Gasteiger partial charge is 0.423 e. The molecule has 1 atom stereocenters. The summed E-state index contributed by atoms with van der Waals surface area (Å²) < 4.78 is 5.21. The lowest BCUT2D eigenvalue weighted by Gasteiger charge is -2.15. The van der Waals surface area contributed by atoms with E-state index in [1.165, 1.54) is 11.3 Å². The van der Waals surface area contributed by atoms with Gasteiger partial charge in [0.25, 0.3) is 0 Å². The van der Waals surface area contributed by atoms with E-state index in [1.807, 2.05) is 29.9 Å². The molecule has 0 aliphatic carbocycles. The lowest BCUT2D eigenvalue weighted by Crippen LogP contribution is -2.06. The average molecular weight is 286 g/mol. The van der Waals surface area contributed by atoms with Crippen LogP contribution >= 0.6 is 11.3 Å². The first kappa shape index (κ1) is 12.8. The van der Waals surface area contributed by atoms with Gasteiger partial charge in [-0.2, -0.15) is 0 Å². The van der Waals surface area contributed by atoms with Crippen molar-refractivity contribution < 1.29 is 4.42 Å². The molecule has 1 N–H and O–H groups in total. The van der Waals surface area contributed by atoms with Crippen LogP contribution in [-0.4, -0.2) is 15.2 Å². The van der Waals surface area contributed by atoms with Gasteiger partial charge in [-0.15, -0.1) is 21.5 Å². The average Bonchev–Trinajstić information content (AvgIpc) is 3.14. The Morgan fingerprint density at radius 3 is 2.90 bits per heavy atom. The summed E-state index contributed by atoms with van der Waals surface area (Å²) in [7, 11) is 0. The number of rotatable bonds is 4. The molecule has 2 heterocycles. The highest BCUT2D eigenvalue weighted by molar-refractivity contribution is 7.09. The molecule has 102 valence electrons. The Bertz CT molecular complexity index is 679. The topological polar surface area (TPSA) is 63.8 Å². The summed E-state index contributed by atoms with van der Waals surface area (Å²) in [6.45, 7) is 4.18. The fourth-order valence-electron chi connectivity index (χ4n) is 2.00. The smallest absolute Gasteiger partial charge is 0.247 e. The molecule has 0 aliphatic rings. The molecule has 2 aromatic heterocycles. The van der Waals surface area contributed by atoms with Crippen LogP contribution in [0.25, 0.3) is 11.5 Å². The molecule has 6 heteroatoms. The van der Waals surface area contributed by atoms with Crippen molar-refractivity contribution in [1.82, 2.24) is 15.2 Å². The van der Waals surface area contributed by atoms with E-state index in [1.54, 1.807) is 11.3 Å². The molecule has 0 amide bonds. The molecule has 1 unspecified atom stereocenters. The van der Waals surface area contributed by atoms with Crippen molar-refractivity contribution in [2.45, 2.75) is 19.9 Å². The zero-order valence-corrected chi connectivity index (χ0v) is 12.0. The molecule has 0 saturated heterocycles. The molecule has 3 rings (SSSR count). The predicted octanol–water partition coefficient (Wildman–Crippen LogP) is 3.67. The molecule has 0 spiro atoms. The number of hydrogen-bond acceptors (Lipinski definition) is 6. The second kappa shape index (κ2) is 5.42. The molecule has 0 bridgehead atoms. The van der Waals surface area contributed by atoms with Crippen LogP contribution in [0.15, 0.2) is 40.7 Å². The van der Waals surface area contributed by atoms with Gasteiger partial charge in [-0.1, -0.05) is 0 Å². The van der Waals surface area contributed by atoms with E-state index in [2.05, 4.69) is 34.3 Å². The zero-order valence-electron chi connectivity index (χ0n) is 11.2. The molecule has 0 aliphatic heterocycles. The van der Waals surface area contributed by atoms with E-state index in [0.29, 0.717) is 5.89 Å². The van der Waals surface area contributed by atoms with Crippen LogP contribution in [0.2, 0.25) is 0 Å². The Morgan fingerprint density at radius 1 is 1.35 bits per heavy atom. The van der Waals surface area contributed by atoms with Gasteiger partial charge in [-0.25, -0.2) is 0 Å². The van der Waals surface area contributed by atoms with Crippen molar-refractivity contribution in [3.05, 3.63) is 46.7 Å². The second-order valence-corrected chi connectivity index (χ2v) is 5.46. The van der Waals surface area contributed by atoms with Crippen molar-refractivity contribution in [3.8, 4) is 11.5 Å². The van der Waals surface area contributed by atoms with Crippen molar-refractivity contribution in [1.29, 1.82) is 0 Å². The SMILES string of the molecule is Cc1cc(-c2nnco2)ccc1NC(C)c1cncs1. The van der Waals surface area contributed by atoms with Gasteiger partial charge in [0.1, 0.15) is 0 Å². The number of hydrogen-bond donors (Lipinski definition) is 1. The minimum absolute atomic E-state index is 0.232. The maximum absolute atomic E-state index is 5.21. The molecule has 0 fully saturated rings. The number of nitrogens with zero attached hydrogens (tertiary/aromatic N) is 3. The standard InChI is InChI=1S/C14H14N4OS/c1-9-5-11(14-18-16-7-19-14)3-4-12(9)17-10(2)13-6-15-8-20-13/h3-8,10,17H,1-2H3. The number of aryl methyl sites for hydroxylation is 1. The van der Waals surface area contributed by atoms with E-state index in [0.717, 1.165) is 16.8 Å². The molecular formula is C14H14N4OS. The molecule has 20 heavy (non-hydrogen) atoms. The fourth-order valence-corrected chi connectivity index (χ4v) is 2.63. The molecular weight excluding hydrogens is 272 g/mol. The maximum Gasteiger partial charge on any atom is 0.247 e. The first-order chi connectivity index (χ1) is 9.74. The highest BCUT2D eigenvalue weighted by atomic mass is 32.1. The summed E-state index contributed by atoms with van der Waals surface area (Å²) in [5.74, 6) is 0.537. The third kappa shape index (κ3) is 2.55. The van der Waals surface area contributed by atoms with Gasteiger partial charge in [0.05, 0.1) is 11.6 Å². The van der Waals surface area contributed by atoms with Gasteiger partial charge < -0.3 is 9.73 Å². The minimum Gasteiger partial charge on any atom is -0.423 e. The number of thiazole rings is 1. The van der Waals surface area contributed by atoms with E-state index < -0.39 is 0 Å². The molecule has 1 aromatic carbocycles. The Balaban J connectivity index is 1.81. The van der Waals surface area contributed by atoms with Gasteiger partial charge in [0, 0.05) is 22.3 Å². The van der Waals surface area contributed by atoms with Gasteiger partial charge in [-0.05, 0) is 37.6 Å². The third-order valence-corrected chi connectivity index (χ3v) is 4.04. The Kier molecular flexibility index (Phi) is 3.47. The summed E-state index contributed by atoms with van der Waals surface area (Å²) in [6.07, 6.45) is 3.23. The minimum atomic E-state index is 0.232. The van der Waals surface area contributed by atoms with E-state index in [9.17, 15) is 0 Å². The summed E-state index contributed by atoms with van der Waals surface area (Å²) in [5.41, 5.74) is 5.00. The van der Waals surface area contributed by atoms with Gasteiger partial charge in [0.2, 0.25) is 12.3 Å². The Morgan fingerprint density at radius 2 is 2.25 bits per heavy atom. The maximum atomic E-state index is 5.21.